The summed E-state index contributed by atoms with van der Waals surface area (Å²) in [6, 6.07) is -4.46. The van der Waals surface area contributed by atoms with Crippen LogP contribution in [-0.4, -0.2) is 89.6 Å². The zero-order valence-electron chi connectivity index (χ0n) is 18.8. The molecule has 15 heteroatoms. The fourth-order valence-corrected chi connectivity index (χ4v) is 3.24. The zero-order chi connectivity index (χ0) is 25.7. The van der Waals surface area contributed by atoms with E-state index in [0.717, 1.165) is 6.42 Å². The van der Waals surface area contributed by atoms with E-state index in [4.69, 9.17) is 22.3 Å². The molecule has 1 rings (SSSR count). The quantitative estimate of drug-likeness (QED) is 0.0609. The molecular formula is C19H34N8O7. The van der Waals surface area contributed by atoms with Crippen molar-refractivity contribution in [2.45, 2.75) is 62.7 Å². The highest BCUT2D eigenvalue weighted by Gasteiger charge is 2.31. The first-order chi connectivity index (χ1) is 16.0. The molecule has 1 heterocycles. The summed E-state index contributed by atoms with van der Waals surface area (Å²) in [4.78, 5) is 64.2. The molecule has 12 N–H and O–H groups in total. The number of rotatable bonds is 15. The maximum absolute atomic E-state index is 12.9. The van der Waals surface area contributed by atoms with Gasteiger partial charge in [-0.1, -0.05) is 0 Å². The lowest BCUT2D eigenvalue weighted by Crippen LogP contribution is -2.57. The molecule has 1 aliphatic heterocycles. The van der Waals surface area contributed by atoms with Crippen LogP contribution in [0.3, 0.4) is 0 Å². The Labute approximate surface area is 196 Å². The number of carbonyl (C=O) groups is 5. The summed E-state index contributed by atoms with van der Waals surface area (Å²) in [5.41, 5.74) is 15.7. The molecule has 1 aliphatic rings. The maximum atomic E-state index is 12.9. The van der Waals surface area contributed by atoms with E-state index in [1.54, 1.807) is 0 Å². The predicted octanol–water partition coefficient (Wildman–Crippen LogP) is -4.41. The van der Waals surface area contributed by atoms with E-state index >= 15 is 0 Å². The monoisotopic (exact) mass is 486 g/mol. The van der Waals surface area contributed by atoms with Crippen LogP contribution in [0.15, 0.2) is 4.99 Å². The lowest BCUT2D eigenvalue weighted by molar-refractivity contribution is -0.143. The van der Waals surface area contributed by atoms with Crippen LogP contribution in [0.5, 0.6) is 0 Å². The third kappa shape index (κ3) is 10.4. The minimum Gasteiger partial charge on any atom is -0.480 e. The highest BCUT2D eigenvalue weighted by Crippen LogP contribution is 2.08. The number of nitrogens with zero attached hydrogens (tertiary/aromatic N) is 1. The largest absolute Gasteiger partial charge is 0.480 e. The molecule has 4 unspecified atom stereocenters. The van der Waals surface area contributed by atoms with Gasteiger partial charge in [-0.25, -0.2) is 4.79 Å². The van der Waals surface area contributed by atoms with E-state index in [9.17, 15) is 29.1 Å². The van der Waals surface area contributed by atoms with E-state index < -0.39 is 60.4 Å². The van der Waals surface area contributed by atoms with Crippen molar-refractivity contribution in [2.24, 2.45) is 22.2 Å². The molecule has 0 saturated carbocycles. The van der Waals surface area contributed by atoms with Crippen LogP contribution < -0.4 is 38.5 Å². The van der Waals surface area contributed by atoms with E-state index in [2.05, 4.69) is 26.3 Å². The van der Waals surface area contributed by atoms with Gasteiger partial charge in [0.15, 0.2) is 5.96 Å². The van der Waals surface area contributed by atoms with Crippen LogP contribution in [0.25, 0.3) is 0 Å². The number of primary amides is 1. The molecule has 0 aromatic rings. The summed E-state index contributed by atoms with van der Waals surface area (Å²) >= 11 is 0. The molecule has 192 valence electrons. The Morgan fingerprint density at radius 2 is 1.59 bits per heavy atom. The van der Waals surface area contributed by atoms with Crippen molar-refractivity contribution < 1.29 is 34.2 Å². The molecule has 0 aliphatic carbocycles. The number of amides is 4. The topological polar surface area (TPSA) is 264 Å². The van der Waals surface area contributed by atoms with E-state index in [-0.39, 0.29) is 38.2 Å². The summed E-state index contributed by atoms with van der Waals surface area (Å²) in [7, 11) is 0. The summed E-state index contributed by atoms with van der Waals surface area (Å²) < 4.78 is 0. The number of carboxylic acids is 1. The lowest BCUT2D eigenvalue weighted by atomic mass is 10.1. The minimum atomic E-state index is -1.58. The number of aliphatic hydroxyl groups excluding tert-OH is 1. The van der Waals surface area contributed by atoms with Gasteiger partial charge in [0.05, 0.1) is 12.6 Å². The number of guanidine groups is 1. The van der Waals surface area contributed by atoms with Crippen molar-refractivity contribution in [3.63, 3.8) is 0 Å². The molecule has 1 fully saturated rings. The lowest BCUT2D eigenvalue weighted by Gasteiger charge is -2.25. The van der Waals surface area contributed by atoms with E-state index in [1.165, 1.54) is 0 Å². The van der Waals surface area contributed by atoms with Crippen LogP contribution in [0.4, 0.5) is 0 Å². The molecule has 0 bridgehead atoms. The van der Waals surface area contributed by atoms with Gasteiger partial charge >= 0.3 is 5.97 Å². The average molecular weight is 487 g/mol. The Kier molecular flexibility index (Phi) is 12.3. The number of hydrogen-bond donors (Lipinski definition) is 9. The second kappa shape index (κ2) is 14.6. The number of nitrogens with one attached hydrogen (secondary N) is 4. The Balaban J connectivity index is 2.94. The average Bonchev–Trinajstić information content (AvgIpc) is 3.31. The van der Waals surface area contributed by atoms with Crippen molar-refractivity contribution in [3.8, 4) is 0 Å². The van der Waals surface area contributed by atoms with Crippen molar-refractivity contribution in [3.05, 3.63) is 0 Å². The number of carboxylic acid groups (broad SMARTS) is 1. The van der Waals surface area contributed by atoms with Gasteiger partial charge in [-0.05, 0) is 38.6 Å². The van der Waals surface area contributed by atoms with Crippen LogP contribution in [0.2, 0.25) is 0 Å². The van der Waals surface area contributed by atoms with Gasteiger partial charge in [0.25, 0.3) is 0 Å². The van der Waals surface area contributed by atoms with Gasteiger partial charge in [-0.2, -0.15) is 0 Å². The summed E-state index contributed by atoms with van der Waals surface area (Å²) in [6.45, 7) is -0.0646. The molecule has 0 radical (unpaired) electrons. The van der Waals surface area contributed by atoms with Crippen LogP contribution in [0.1, 0.15) is 38.5 Å². The van der Waals surface area contributed by atoms with E-state index in [1.807, 2.05) is 0 Å². The predicted molar refractivity (Wildman–Crippen MR) is 120 cm³/mol. The summed E-state index contributed by atoms with van der Waals surface area (Å²) in [6.07, 6.45) is 1.36. The highest BCUT2D eigenvalue weighted by atomic mass is 16.4. The first kappa shape index (κ1) is 28.6. The summed E-state index contributed by atoms with van der Waals surface area (Å²) in [5.74, 6) is -4.35. The number of nitrogens with two attached hydrogens (primary N) is 3. The third-order valence-electron chi connectivity index (χ3n) is 5.06. The third-order valence-corrected chi connectivity index (χ3v) is 5.06. The molecule has 4 amide bonds. The van der Waals surface area contributed by atoms with Crippen LogP contribution >= 0.6 is 0 Å². The van der Waals surface area contributed by atoms with Crippen LogP contribution in [-0.2, 0) is 24.0 Å². The minimum absolute atomic E-state index is 0.0206. The van der Waals surface area contributed by atoms with Gasteiger partial charge < -0.3 is 48.7 Å². The van der Waals surface area contributed by atoms with Gasteiger partial charge in [0.2, 0.25) is 23.6 Å². The van der Waals surface area contributed by atoms with Gasteiger partial charge in [-0.3, -0.25) is 24.2 Å². The molecule has 15 nitrogen and oxygen atoms in total. The second-order valence-electron chi connectivity index (χ2n) is 7.81. The standard InChI is InChI=1S/C19H34N8O7/c20-14(29)6-5-12(26-15(30)10-3-1-7-23-10)17(32)25-11(4-2-8-24-19(21)22)16(31)27-13(9-28)18(33)34/h10-13,23,28H,1-9H2,(H2,20,29)(H,25,32)(H,26,30)(H,27,31)(H,33,34)(H4,21,22,24). The van der Waals surface area contributed by atoms with E-state index in [0.29, 0.717) is 13.0 Å². The SMILES string of the molecule is NC(=O)CCC(NC(=O)C1CCCN1)C(=O)NC(CCCN=C(N)N)C(=O)NC(CO)C(=O)O. The van der Waals surface area contributed by atoms with Crippen molar-refractivity contribution in [1.29, 1.82) is 0 Å². The van der Waals surface area contributed by atoms with Crippen molar-refractivity contribution in [1.82, 2.24) is 21.3 Å². The van der Waals surface area contributed by atoms with Gasteiger partial charge in [0, 0.05) is 13.0 Å². The number of carbonyl (C=O) groups excluding carboxylic acids is 4. The zero-order valence-corrected chi connectivity index (χ0v) is 18.8. The highest BCUT2D eigenvalue weighted by molar-refractivity contribution is 5.94. The molecule has 0 aromatic heterocycles. The Morgan fingerprint density at radius 3 is 2.09 bits per heavy atom. The maximum Gasteiger partial charge on any atom is 0.328 e. The molecule has 0 spiro atoms. The number of aliphatic imine (C=N–C) groups is 1. The molecule has 4 atom stereocenters. The van der Waals surface area contributed by atoms with Gasteiger partial charge in [0.1, 0.15) is 18.1 Å². The number of hydrogen-bond acceptors (Lipinski definition) is 8. The summed E-state index contributed by atoms with van der Waals surface area (Å²) in [5, 5.41) is 28.4. The van der Waals surface area contributed by atoms with Gasteiger partial charge in [-0.15, -0.1) is 0 Å². The molecule has 34 heavy (non-hydrogen) atoms. The Hall–Kier alpha value is -3.46. The van der Waals surface area contributed by atoms with Crippen molar-refractivity contribution in [2.75, 3.05) is 19.7 Å². The fourth-order valence-electron chi connectivity index (χ4n) is 3.24. The number of aliphatic hydroxyl groups is 1. The Morgan fingerprint density at radius 1 is 0.971 bits per heavy atom. The Bertz CT molecular complexity index is 766. The first-order valence-electron chi connectivity index (χ1n) is 10.9. The first-order valence-corrected chi connectivity index (χ1v) is 10.9. The van der Waals surface area contributed by atoms with Crippen LogP contribution in [0, 0.1) is 0 Å². The molecule has 1 saturated heterocycles. The van der Waals surface area contributed by atoms with Crippen molar-refractivity contribution >= 4 is 35.6 Å². The second-order valence-corrected chi connectivity index (χ2v) is 7.81. The normalized spacial score (nSPS) is 17.6. The fraction of sp³-hybridized carbons (Fsp3) is 0.684. The molecule has 0 aromatic carbocycles. The smallest absolute Gasteiger partial charge is 0.328 e. The molecular weight excluding hydrogens is 452 g/mol. The number of aliphatic carboxylic acids is 1.